The van der Waals surface area contributed by atoms with Gasteiger partial charge in [-0.25, -0.2) is 0 Å². The highest BCUT2D eigenvalue weighted by Crippen LogP contribution is 2.43. The molecule has 0 aliphatic carbocycles. The molecule has 0 bridgehead atoms. The number of aromatic nitrogens is 1. The normalized spacial score (nSPS) is 19.3. The number of benzene rings is 1. The van der Waals surface area contributed by atoms with Gasteiger partial charge in [0.15, 0.2) is 0 Å². The molecule has 2 N–H and O–H groups in total. The lowest BCUT2D eigenvalue weighted by molar-refractivity contribution is 0.330. The molecular weight excluding hydrogens is 246 g/mol. The number of anilines is 1. The van der Waals surface area contributed by atoms with E-state index in [9.17, 15) is 0 Å². The molecule has 0 atom stereocenters. The highest BCUT2D eigenvalue weighted by atomic mass is 15.2. The summed E-state index contributed by atoms with van der Waals surface area (Å²) in [5.41, 5.74) is 6.85. The summed E-state index contributed by atoms with van der Waals surface area (Å²) in [5.74, 6) is 0. The summed E-state index contributed by atoms with van der Waals surface area (Å²) in [4.78, 5) is 0. The van der Waals surface area contributed by atoms with Crippen LogP contribution < -0.4 is 10.6 Å². The minimum absolute atomic E-state index is 0.101. The van der Waals surface area contributed by atoms with E-state index in [1.165, 1.54) is 28.2 Å². The van der Waals surface area contributed by atoms with Gasteiger partial charge in [0.2, 0.25) is 0 Å². The number of rotatable bonds is 0. The number of nitrogens with one attached hydrogen (secondary N) is 2. The molecule has 0 saturated carbocycles. The molecule has 1 aromatic carbocycles. The van der Waals surface area contributed by atoms with Crippen molar-refractivity contribution in [3.05, 3.63) is 47.3 Å². The van der Waals surface area contributed by atoms with E-state index >= 15 is 0 Å². The molecule has 1 saturated heterocycles. The Morgan fingerprint density at radius 3 is 2.70 bits per heavy atom. The van der Waals surface area contributed by atoms with Crippen molar-refractivity contribution in [1.82, 2.24) is 9.88 Å². The van der Waals surface area contributed by atoms with Crippen molar-refractivity contribution in [2.45, 2.75) is 32.2 Å². The van der Waals surface area contributed by atoms with Crippen LogP contribution >= 0.6 is 0 Å². The molecule has 0 amide bonds. The minimum Gasteiger partial charge on any atom is -0.372 e. The monoisotopic (exact) mass is 267 g/mol. The first-order chi connectivity index (χ1) is 9.71. The SMILES string of the molecule is Cc1ccc2c(c1C)-n1cccc1C1(CCNCC1)N2. The van der Waals surface area contributed by atoms with Crippen LogP contribution in [0.2, 0.25) is 0 Å². The summed E-state index contributed by atoms with van der Waals surface area (Å²) in [7, 11) is 0. The van der Waals surface area contributed by atoms with Crippen LogP contribution in [0.5, 0.6) is 0 Å². The lowest BCUT2D eigenvalue weighted by Crippen LogP contribution is -2.48. The lowest BCUT2D eigenvalue weighted by atomic mass is 9.82. The maximum absolute atomic E-state index is 3.86. The van der Waals surface area contributed by atoms with Crippen molar-refractivity contribution < 1.29 is 0 Å². The van der Waals surface area contributed by atoms with Gasteiger partial charge in [-0.15, -0.1) is 0 Å². The van der Waals surface area contributed by atoms with E-state index in [0.29, 0.717) is 0 Å². The van der Waals surface area contributed by atoms with Gasteiger partial charge in [0.05, 0.1) is 16.9 Å². The Kier molecular flexibility index (Phi) is 2.48. The van der Waals surface area contributed by atoms with Crippen LogP contribution in [-0.2, 0) is 5.54 Å². The number of hydrogen-bond donors (Lipinski definition) is 2. The Labute approximate surface area is 120 Å². The molecule has 104 valence electrons. The fourth-order valence-corrected chi connectivity index (χ4v) is 3.73. The van der Waals surface area contributed by atoms with Gasteiger partial charge >= 0.3 is 0 Å². The predicted octanol–water partition coefficient (Wildman–Crippen LogP) is 3.10. The Bertz CT molecular complexity index is 663. The van der Waals surface area contributed by atoms with Gasteiger partial charge in [0, 0.05) is 11.9 Å². The summed E-state index contributed by atoms with van der Waals surface area (Å²) in [6.07, 6.45) is 4.50. The zero-order valence-corrected chi connectivity index (χ0v) is 12.2. The number of fused-ring (bicyclic) bond motifs is 4. The zero-order valence-electron chi connectivity index (χ0n) is 12.2. The van der Waals surface area contributed by atoms with Crippen LogP contribution in [0.25, 0.3) is 5.69 Å². The predicted molar refractivity (Wildman–Crippen MR) is 82.6 cm³/mol. The fourth-order valence-electron chi connectivity index (χ4n) is 3.73. The Morgan fingerprint density at radius 1 is 1.10 bits per heavy atom. The average Bonchev–Trinajstić information content (AvgIpc) is 2.94. The first-order valence-electron chi connectivity index (χ1n) is 7.49. The first kappa shape index (κ1) is 12.0. The van der Waals surface area contributed by atoms with Gasteiger partial charge in [-0.05, 0) is 69.1 Å². The summed E-state index contributed by atoms with van der Waals surface area (Å²) in [6.45, 7) is 6.57. The van der Waals surface area contributed by atoms with Crippen LogP contribution in [0.4, 0.5) is 5.69 Å². The molecule has 1 spiro atoms. The molecule has 1 fully saturated rings. The second-order valence-electron chi connectivity index (χ2n) is 6.12. The van der Waals surface area contributed by atoms with E-state index in [2.05, 4.69) is 59.5 Å². The largest absolute Gasteiger partial charge is 0.372 e. The van der Waals surface area contributed by atoms with Crippen molar-refractivity contribution in [1.29, 1.82) is 0 Å². The molecule has 3 nitrogen and oxygen atoms in total. The molecule has 4 rings (SSSR count). The molecule has 0 radical (unpaired) electrons. The molecule has 2 aliphatic heterocycles. The smallest absolute Gasteiger partial charge is 0.0804 e. The molecule has 2 aliphatic rings. The van der Waals surface area contributed by atoms with E-state index in [1.807, 2.05) is 0 Å². The number of hydrogen-bond acceptors (Lipinski definition) is 2. The first-order valence-corrected chi connectivity index (χ1v) is 7.49. The third kappa shape index (κ3) is 1.50. The van der Waals surface area contributed by atoms with Crippen molar-refractivity contribution >= 4 is 5.69 Å². The second kappa shape index (κ2) is 4.13. The van der Waals surface area contributed by atoms with Crippen molar-refractivity contribution in [3.63, 3.8) is 0 Å². The van der Waals surface area contributed by atoms with Gasteiger partial charge in [0.1, 0.15) is 0 Å². The standard InChI is InChI=1S/C17H21N3/c1-12-5-6-14-16(13(12)2)20-11-3-4-15(20)17(19-14)7-9-18-10-8-17/h3-6,11,18-19H,7-10H2,1-2H3. The van der Waals surface area contributed by atoms with Crippen LogP contribution in [0.3, 0.4) is 0 Å². The average molecular weight is 267 g/mol. The van der Waals surface area contributed by atoms with E-state index in [-0.39, 0.29) is 5.54 Å². The maximum Gasteiger partial charge on any atom is 0.0804 e. The van der Waals surface area contributed by atoms with E-state index in [4.69, 9.17) is 0 Å². The Hall–Kier alpha value is -1.74. The molecule has 3 heteroatoms. The topological polar surface area (TPSA) is 29.0 Å². The van der Waals surface area contributed by atoms with Crippen LogP contribution in [-0.4, -0.2) is 17.7 Å². The Balaban J connectivity index is 1.95. The molecule has 20 heavy (non-hydrogen) atoms. The molecule has 1 aromatic heterocycles. The van der Waals surface area contributed by atoms with E-state index in [1.54, 1.807) is 0 Å². The highest BCUT2D eigenvalue weighted by Gasteiger charge is 2.40. The number of aryl methyl sites for hydroxylation is 1. The van der Waals surface area contributed by atoms with Gasteiger partial charge < -0.3 is 15.2 Å². The third-order valence-corrected chi connectivity index (χ3v) is 5.01. The summed E-state index contributed by atoms with van der Waals surface area (Å²) in [5, 5.41) is 7.34. The van der Waals surface area contributed by atoms with Crippen molar-refractivity contribution in [2.75, 3.05) is 18.4 Å². The highest BCUT2D eigenvalue weighted by molar-refractivity contribution is 5.71. The second-order valence-corrected chi connectivity index (χ2v) is 6.12. The number of piperidine rings is 1. The van der Waals surface area contributed by atoms with Crippen LogP contribution in [0.15, 0.2) is 30.5 Å². The third-order valence-electron chi connectivity index (χ3n) is 5.01. The minimum atomic E-state index is 0.101. The van der Waals surface area contributed by atoms with Crippen LogP contribution in [0.1, 0.15) is 29.7 Å². The van der Waals surface area contributed by atoms with Gasteiger partial charge in [-0.1, -0.05) is 6.07 Å². The quantitative estimate of drug-likeness (QED) is 0.768. The van der Waals surface area contributed by atoms with Crippen LogP contribution in [0, 0.1) is 13.8 Å². The molecule has 0 unspecified atom stereocenters. The zero-order chi connectivity index (χ0) is 13.7. The van der Waals surface area contributed by atoms with Crippen molar-refractivity contribution in [3.8, 4) is 5.69 Å². The van der Waals surface area contributed by atoms with E-state index in [0.717, 1.165) is 25.9 Å². The molecular formula is C17H21N3. The summed E-state index contributed by atoms with van der Waals surface area (Å²) < 4.78 is 2.40. The molecule has 2 aromatic rings. The maximum atomic E-state index is 3.86. The molecule has 3 heterocycles. The van der Waals surface area contributed by atoms with Gasteiger partial charge in [-0.2, -0.15) is 0 Å². The lowest BCUT2D eigenvalue weighted by Gasteiger charge is -2.44. The van der Waals surface area contributed by atoms with E-state index < -0.39 is 0 Å². The Morgan fingerprint density at radius 2 is 1.90 bits per heavy atom. The van der Waals surface area contributed by atoms with Crippen molar-refractivity contribution in [2.24, 2.45) is 0 Å². The number of nitrogens with zero attached hydrogens (tertiary/aromatic N) is 1. The summed E-state index contributed by atoms with van der Waals surface area (Å²) >= 11 is 0. The fraction of sp³-hybridized carbons (Fsp3) is 0.412. The van der Waals surface area contributed by atoms with Gasteiger partial charge in [-0.3, -0.25) is 0 Å². The van der Waals surface area contributed by atoms with Gasteiger partial charge in [0.25, 0.3) is 0 Å². The summed E-state index contributed by atoms with van der Waals surface area (Å²) in [6, 6.07) is 8.93.